The number of rotatable bonds is 3. The van der Waals surface area contributed by atoms with Crippen LogP contribution in [0.2, 0.25) is 0 Å². The summed E-state index contributed by atoms with van der Waals surface area (Å²) in [6.45, 7) is 0.526. The lowest BCUT2D eigenvalue weighted by molar-refractivity contribution is 0.00578. The summed E-state index contributed by atoms with van der Waals surface area (Å²) < 4.78 is 81.0. The lowest BCUT2D eigenvalue weighted by Gasteiger charge is -2.32. The SMILES string of the molecule is [2H]c1nc(B2OC(C)(C)C(C)(C)O2)c([2H])n1C([2H])([2H])C([2H])([2H])C([2H])([2H])[2H]. The predicted octanol–water partition coefficient (Wildman–Crippen LogP) is 1.59. The molecule has 0 atom stereocenters. The van der Waals surface area contributed by atoms with E-state index in [-0.39, 0.29) is 5.59 Å². The third kappa shape index (κ3) is 2.26. The molecule has 0 spiro atoms. The van der Waals surface area contributed by atoms with Crippen LogP contribution in [0.1, 0.15) is 53.3 Å². The summed E-state index contributed by atoms with van der Waals surface area (Å²) in [7, 11) is -1.16. The fourth-order valence-corrected chi connectivity index (χ4v) is 1.44. The van der Waals surface area contributed by atoms with Gasteiger partial charge in [0.15, 0.2) is 0 Å². The maximum absolute atomic E-state index is 8.16. The van der Waals surface area contributed by atoms with E-state index < -0.39 is 50.5 Å². The second kappa shape index (κ2) is 4.14. The molecule has 2 rings (SSSR count). The van der Waals surface area contributed by atoms with Gasteiger partial charge in [-0.25, -0.2) is 4.98 Å². The van der Waals surface area contributed by atoms with Crippen molar-refractivity contribution in [2.24, 2.45) is 0 Å². The van der Waals surface area contributed by atoms with E-state index >= 15 is 0 Å². The summed E-state index contributed by atoms with van der Waals surface area (Å²) in [5.41, 5.74) is -1.73. The highest BCUT2D eigenvalue weighted by Crippen LogP contribution is 2.36. The monoisotopic (exact) mass is 245 g/mol. The Morgan fingerprint density at radius 2 is 2.12 bits per heavy atom. The second-order valence-electron chi connectivity index (χ2n) is 4.87. The zero-order chi connectivity index (χ0) is 20.5. The molecule has 1 aromatic heterocycles. The molecule has 0 unspecified atom stereocenters. The van der Waals surface area contributed by atoms with Gasteiger partial charge < -0.3 is 13.9 Å². The largest absolute Gasteiger partial charge is 0.516 e. The van der Waals surface area contributed by atoms with E-state index in [9.17, 15) is 0 Å². The van der Waals surface area contributed by atoms with Crippen molar-refractivity contribution in [2.45, 2.75) is 58.6 Å². The molecule has 94 valence electrons. The molecule has 0 radical (unpaired) electrons. The highest BCUT2D eigenvalue weighted by molar-refractivity contribution is 6.61. The van der Waals surface area contributed by atoms with Crippen molar-refractivity contribution in [3.63, 3.8) is 0 Å². The molecule has 1 saturated heterocycles. The van der Waals surface area contributed by atoms with Crippen molar-refractivity contribution in [1.82, 2.24) is 9.55 Å². The maximum atomic E-state index is 8.16. The molecule has 0 saturated carbocycles. The molecule has 1 aliphatic heterocycles. The molecule has 17 heavy (non-hydrogen) atoms. The van der Waals surface area contributed by atoms with E-state index in [1.54, 1.807) is 27.7 Å². The molecular weight excluding hydrogens is 215 g/mol. The summed E-state index contributed by atoms with van der Waals surface area (Å²) in [4.78, 5) is 3.79. The van der Waals surface area contributed by atoms with Crippen LogP contribution in [-0.4, -0.2) is 27.9 Å². The minimum atomic E-state index is -3.36. The minimum Gasteiger partial charge on any atom is -0.398 e. The Morgan fingerprint density at radius 3 is 2.71 bits per heavy atom. The molecule has 1 aromatic rings. The van der Waals surface area contributed by atoms with Crippen LogP contribution < -0.4 is 5.59 Å². The number of imidazole rings is 1. The van der Waals surface area contributed by atoms with Crippen molar-refractivity contribution < 1.29 is 21.6 Å². The van der Waals surface area contributed by atoms with E-state index in [0.29, 0.717) is 4.57 Å². The van der Waals surface area contributed by atoms with Crippen molar-refractivity contribution in [2.75, 3.05) is 0 Å². The average molecular weight is 245 g/mol. The third-order valence-corrected chi connectivity index (χ3v) is 3.14. The van der Waals surface area contributed by atoms with E-state index in [0.717, 1.165) is 0 Å². The van der Waals surface area contributed by atoms with Crippen LogP contribution in [0.4, 0.5) is 0 Å². The molecule has 5 heteroatoms. The second-order valence-corrected chi connectivity index (χ2v) is 4.87. The molecule has 0 aliphatic carbocycles. The van der Waals surface area contributed by atoms with Crippen molar-refractivity contribution in [3.8, 4) is 0 Å². The molecule has 4 nitrogen and oxygen atoms in total. The maximum Gasteiger partial charge on any atom is 0.516 e. The Morgan fingerprint density at radius 1 is 1.47 bits per heavy atom. The van der Waals surface area contributed by atoms with Gasteiger partial charge >= 0.3 is 7.12 Å². The molecular formula is C12H21BN2O2. The number of nitrogens with zero attached hydrogens (tertiary/aromatic N) is 2. The van der Waals surface area contributed by atoms with Gasteiger partial charge in [-0.1, -0.05) is 6.85 Å². The van der Waals surface area contributed by atoms with Crippen LogP contribution >= 0.6 is 0 Å². The fourth-order valence-electron chi connectivity index (χ4n) is 1.44. The van der Waals surface area contributed by atoms with Crippen LogP contribution in [0.5, 0.6) is 0 Å². The van der Waals surface area contributed by atoms with E-state index in [4.69, 9.17) is 21.6 Å². The van der Waals surface area contributed by atoms with Crippen LogP contribution in [0.3, 0.4) is 0 Å². The zero-order valence-corrected chi connectivity index (χ0v) is 10.3. The smallest absolute Gasteiger partial charge is 0.398 e. The first-order valence-corrected chi connectivity index (χ1v) is 5.29. The van der Waals surface area contributed by atoms with Crippen molar-refractivity contribution in [1.29, 1.82) is 0 Å². The molecule has 0 bridgehead atoms. The van der Waals surface area contributed by atoms with Gasteiger partial charge in [-0.3, -0.25) is 0 Å². The molecule has 0 aromatic carbocycles. The number of aromatic nitrogens is 2. The standard InChI is InChI=1S/C12H21BN2O2/c1-6-7-15-8-10(14-9-15)13-16-11(2,3)12(4,5)17-13/h8-9H,6-7H2,1-5H3/i1D3,6D2,7D2,8D,9D. The van der Waals surface area contributed by atoms with Gasteiger partial charge in [-0.15, -0.1) is 0 Å². The Balaban J connectivity index is 2.53. The topological polar surface area (TPSA) is 36.3 Å². The van der Waals surface area contributed by atoms with E-state index in [1.165, 1.54) is 0 Å². The predicted molar refractivity (Wildman–Crippen MR) is 68.2 cm³/mol. The van der Waals surface area contributed by atoms with E-state index in [1.807, 2.05) is 0 Å². The van der Waals surface area contributed by atoms with Crippen LogP contribution in [0, 0.1) is 0 Å². The Kier molecular flexibility index (Phi) is 1.33. The van der Waals surface area contributed by atoms with Gasteiger partial charge in [-0.2, -0.15) is 0 Å². The fraction of sp³-hybridized carbons (Fsp3) is 0.750. The van der Waals surface area contributed by atoms with E-state index in [2.05, 4.69) is 4.98 Å². The summed E-state index contributed by atoms with van der Waals surface area (Å²) in [5.74, 6) is 0. The highest BCUT2D eigenvalue weighted by Gasteiger charge is 2.52. The molecule has 1 fully saturated rings. The van der Waals surface area contributed by atoms with Crippen molar-refractivity contribution >= 4 is 12.7 Å². The first-order chi connectivity index (χ1) is 11.4. The summed E-state index contributed by atoms with van der Waals surface area (Å²) in [5, 5.41) is 0. The van der Waals surface area contributed by atoms with Crippen molar-refractivity contribution in [3.05, 3.63) is 12.5 Å². The molecule has 0 amide bonds. The molecule has 0 N–H and O–H groups in total. The lowest BCUT2D eigenvalue weighted by atomic mass is 9.86. The number of hydrogen-bond acceptors (Lipinski definition) is 3. The molecule has 2 heterocycles. The average Bonchev–Trinajstić information content (AvgIpc) is 2.81. The zero-order valence-electron chi connectivity index (χ0n) is 19.3. The van der Waals surface area contributed by atoms with Gasteiger partial charge in [0.1, 0.15) is 1.37 Å². The first kappa shape index (κ1) is 5.45. The van der Waals surface area contributed by atoms with Crippen LogP contribution in [-0.2, 0) is 15.8 Å². The van der Waals surface area contributed by atoms with Crippen LogP contribution in [0.25, 0.3) is 0 Å². The third-order valence-electron chi connectivity index (χ3n) is 3.14. The number of hydrogen-bond donors (Lipinski definition) is 0. The lowest BCUT2D eigenvalue weighted by Crippen LogP contribution is -2.41. The quantitative estimate of drug-likeness (QED) is 0.759. The van der Waals surface area contributed by atoms with Gasteiger partial charge in [0.2, 0.25) is 0 Å². The normalized spacial score (nSPS) is 32.2. The molecule has 1 aliphatic rings. The Hall–Kier alpha value is -0.805. The van der Waals surface area contributed by atoms with Gasteiger partial charge in [0.05, 0.1) is 24.5 Å². The summed E-state index contributed by atoms with van der Waals surface area (Å²) >= 11 is 0. The van der Waals surface area contributed by atoms with Gasteiger partial charge in [0.25, 0.3) is 0 Å². The Labute approximate surface area is 116 Å². The first-order valence-electron chi connectivity index (χ1n) is 9.79. The van der Waals surface area contributed by atoms with Crippen LogP contribution in [0.15, 0.2) is 12.5 Å². The summed E-state index contributed by atoms with van der Waals surface area (Å²) in [6, 6.07) is 0. The minimum absolute atomic E-state index is 0.209. The summed E-state index contributed by atoms with van der Waals surface area (Å²) in [6.07, 6.45) is -4.83. The highest BCUT2D eigenvalue weighted by atomic mass is 16.7. The Bertz CT molecular complexity index is 698. The van der Waals surface area contributed by atoms with Gasteiger partial charge in [-0.05, 0) is 34.1 Å². The van der Waals surface area contributed by atoms with Gasteiger partial charge in [0, 0.05) is 22.3 Å².